The Morgan fingerprint density at radius 1 is 0.974 bits per heavy atom. The van der Waals surface area contributed by atoms with Crippen molar-refractivity contribution in [2.45, 2.75) is 39.4 Å². The number of carbonyl (C=O) groups excluding carboxylic acids is 1. The molecule has 3 aromatic rings. The number of alkyl halides is 3. The van der Waals surface area contributed by atoms with E-state index in [9.17, 15) is 18.0 Å². The number of nitrogens with zero attached hydrogens (tertiary/aromatic N) is 3. The summed E-state index contributed by atoms with van der Waals surface area (Å²) >= 11 is 0. The number of ether oxygens (including phenoxy) is 1. The molecule has 0 aromatic heterocycles. The van der Waals surface area contributed by atoms with E-state index < -0.39 is 12.7 Å². The van der Waals surface area contributed by atoms with Gasteiger partial charge in [-0.2, -0.15) is 13.2 Å². The second-order valence-corrected chi connectivity index (χ2v) is 10.6. The smallest absolute Gasteiger partial charge is 0.407 e. The van der Waals surface area contributed by atoms with Gasteiger partial charge in [-0.1, -0.05) is 30.3 Å². The van der Waals surface area contributed by atoms with Gasteiger partial charge in [0.05, 0.1) is 12.8 Å². The summed E-state index contributed by atoms with van der Waals surface area (Å²) in [5, 5.41) is 3.24. The van der Waals surface area contributed by atoms with E-state index >= 15 is 0 Å². The fraction of sp³-hybridized carbons (Fsp3) is 0.387. The molecule has 1 fully saturated rings. The molecule has 2 aliphatic heterocycles. The van der Waals surface area contributed by atoms with E-state index in [2.05, 4.69) is 0 Å². The first-order chi connectivity index (χ1) is 18.6. The molecule has 2 heterocycles. The van der Waals surface area contributed by atoms with Crippen LogP contribution in [0.15, 0.2) is 60.7 Å². The van der Waals surface area contributed by atoms with E-state index in [0.717, 1.165) is 46.4 Å². The van der Waals surface area contributed by atoms with Crippen LogP contribution in [0.2, 0.25) is 0 Å². The van der Waals surface area contributed by atoms with Crippen LogP contribution in [-0.2, 0) is 6.54 Å². The molecular formula is C31H34F3N3O2. The Morgan fingerprint density at radius 3 is 2.33 bits per heavy atom. The van der Waals surface area contributed by atoms with Gasteiger partial charge in [-0.25, -0.2) is 5.01 Å². The third-order valence-electron chi connectivity index (χ3n) is 7.92. The second kappa shape index (κ2) is 10.9. The number of benzene rings is 3. The standard InChI is InChI=1S/C31H34F3N3O2/c1-21-5-4-6-29-28(21)19-36(37(29)20-31(32,33)34)18-23-13-15-35(16-14-23)30(38)25-9-7-24(8-10-25)27-12-11-26(39-3)17-22(27)2/h4-12,17,23H,13-16,18-20H2,1-3H3. The van der Waals surface area contributed by atoms with Gasteiger partial charge in [0.1, 0.15) is 12.3 Å². The second-order valence-electron chi connectivity index (χ2n) is 10.6. The molecule has 0 radical (unpaired) electrons. The monoisotopic (exact) mass is 537 g/mol. The normalized spacial score (nSPS) is 16.5. The molecule has 39 heavy (non-hydrogen) atoms. The number of carbonyl (C=O) groups is 1. The van der Waals surface area contributed by atoms with Crippen molar-refractivity contribution in [2.75, 3.05) is 38.3 Å². The van der Waals surface area contributed by atoms with Crippen LogP contribution in [0.3, 0.4) is 0 Å². The lowest BCUT2D eigenvalue weighted by atomic mass is 9.95. The predicted molar refractivity (Wildman–Crippen MR) is 147 cm³/mol. The highest BCUT2D eigenvalue weighted by Crippen LogP contribution is 2.37. The van der Waals surface area contributed by atoms with Crippen LogP contribution in [0, 0.1) is 19.8 Å². The number of amides is 1. The molecule has 0 bridgehead atoms. The van der Waals surface area contributed by atoms with Crippen molar-refractivity contribution < 1.29 is 22.7 Å². The Hall–Kier alpha value is -3.52. The largest absolute Gasteiger partial charge is 0.497 e. The molecule has 8 heteroatoms. The van der Waals surface area contributed by atoms with Crippen LogP contribution in [0.1, 0.15) is 39.9 Å². The van der Waals surface area contributed by atoms with Crippen LogP contribution in [0.5, 0.6) is 5.75 Å². The van der Waals surface area contributed by atoms with Crippen LogP contribution in [-0.4, -0.2) is 55.3 Å². The first-order valence-electron chi connectivity index (χ1n) is 13.3. The average Bonchev–Trinajstić information content (AvgIpc) is 3.25. The number of piperidine rings is 1. The number of likely N-dealkylation sites (tertiary alicyclic amines) is 1. The summed E-state index contributed by atoms with van der Waals surface area (Å²) in [7, 11) is 1.65. The number of halogens is 3. The Labute approximate surface area is 227 Å². The third kappa shape index (κ3) is 5.91. The molecule has 3 aromatic carbocycles. The zero-order valence-electron chi connectivity index (χ0n) is 22.6. The topological polar surface area (TPSA) is 36.0 Å². The fourth-order valence-electron chi connectivity index (χ4n) is 5.75. The summed E-state index contributed by atoms with van der Waals surface area (Å²) in [6.45, 7) is 5.21. The van der Waals surface area contributed by atoms with Crippen molar-refractivity contribution in [1.29, 1.82) is 0 Å². The lowest BCUT2D eigenvalue weighted by molar-refractivity contribution is -0.125. The molecule has 0 saturated carbocycles. The highest BCUT2D eigenvalue weighted by molar-refractivity contribution is 5.94. The van der Waals surface area contributed by atoms with Gasteiger partial charge in [0.25, 0.3) is 5.91 Å². The number of methoxy groups -OCH3 is 1. The van der Waals surface area contributed by atoms with Crippen molar-refractivity contribution in [3.8, 4) is 16.9 Å². The zero-order valence-corrected chi connectivity index (χ0v) is 22.6. The summed E-state index contributed by atoms with van der Waals surface area (Å²) in [6, 6.07) is 19.1. The molecule has 0 N–H and O–H groups in total. The lowest BCUT2D eigenvalue weighted by Crippen LogP contribution is -2.47. The minimum atomic E-state index is -4.29. The first-order valence-corrected chi connectivity index (χ1v) is 13.3. The maximum absolute atomic E-state index is 13.4. The van der Waals surface area contributed by atoms with Crippen molar-refractivity contribution in [3.63, 3.8) is 0 Å². The molecule has 0 aliphatic carbocycles. The number of hydrazine groups is 1. The number of aryl methyl sites for hydroxylation is 2. The van der Waals surface area contributed by atoms with Crippen molar-refractivity contribution in [2.24, 2.45) is 5.92 Å². The van der Waals surface area contributed by atoms with E-state index in [1.807, 2.05) is 78.4 Å². The molecule has 0 spiro atoms. The van der Waals surface area contributed by atoms with Gasteiger partial charge in [0, 0.05) is 31.7 Å². The maximum Gasteiger partial charge on any atom is 0.407 e. The maximum atomic E-state index is 13.4. The fourth-order valence-corrected chi connectivity index (χ4v) is 5.75. The van der Waals surface area contributed by atoms with Crippen molar-refractivity contribution >= 4 is 11.6 Å². The highest BCUT2D eigenvalue weighted by Gasteiger charge is 2.39. The SMILES string of the molecule is COc1ccc(-c2ccc(C(=O)N3CCC(CN4Cc5c(C)cccc5N4CC(F)(F)F)CC3)cc2)c(C)c1. The van der Waals surface area contributed by atoms with E-state index in [1.165, 1.54) is 5.01 Å². The lowest BCUT2D eigenvalue weighted by Gasteiger charge is -2.37. The number of hydrogen-bond donors (Lipinski definition) is 0. The molecule has 206 valence electrons. The number of hydrogen-bond acceptors (Lipinski definition) is 4. The van der Waals surface area contributed by atoms with Crippen LogP contribution in [0.4, 0.5) is 18.9 Å². The van der Waals surface area contributed by atoms with Gasteiger partial charge in [-0.3, -0.25) is 9.80 Å². The Bertz CT molecular complexity index is 1330. The quantitative estimate of drug-likeness (QED) is 0.354. The van der Waals surface area contributed by atoms with Gasteiger partial charge in [-0.15, -0.1) is 0 Å². The van der Waals surface area contributed by atoms with E-state index in [0.29, 0.717) is 37.4 Å². The summed E-state index contributed by atoms with van der Waals surface area (Å²) in [6.07, 6.45) is -2.76. The van der Waals surface area contributed by atoms with Gasteiger partial charge >= 0.3 is 6.18 Å². The minimum absolute atomic E-state index is 0.00523. The van der Waals surface area contributed by atoms with Gasteiger partial charge < -0.3 is 9.64 Å². The summed E-state index contributed by atoms with van der Waals surface area (Å²) in [5.74, 6) is 1.03. The van der Waals surface area contributed by atoms with Gasteiger partial charge in [-0.05, 0) is 90.8 Å². The number of anilines is 1. The van der Waals surface area contributed by atoms with Crippen LogP contribution < -0.4 is 9.75 Å². The molecule has 5 nitrogen and oxygen atoms in total. The van der Waals surface area contributed by atoms with Crippen molar-refractivity contribution in [1.82, 2.24) is 9.91 Å². The van der Waals surface area contributed by atoms with E-state index in [4.69, 9.17) is 4.74 Å². The Balaban J connectivity index is 1.20. The van der Waals surface area contributed by atoms with Gasteiger partial charge in [0.15, 0.2) is 0 Å². The molecule has 2 aliphatic rings. The zero-order chi connectivity index (χ0) is 27.7. The Morgan fingerprint density at radius 2 is 1.69 bits per heavy atom. The average molecular weight is 538 g/mol. The molecule has 1 amide bonds. The molecule has 0 unspecified atom stereocenters. The summed E-state index contributed by atoms with van der Waals surface area (Å²) in [5.41, 5.74) is 6.49. The summed E-state index contributed by atoms with van der Waals surface area (Å²) in [4.78, 5) is 15.1. The predicted octanol–water partition coefficient (Wildman–Crippen LogP) is 6.63. The number of fused-ring (bicyclic) bond motifs is 1. The molecule has 5 rings (SSSR count). The Kier molecular flexibility index (Phi) is 7.58. The van der Waals surface area contributed by atoms with E-state index in [-0.39, 0.29) is 11.8 Å². The van der Waals surface area contributed by atoms with Crippen molar-refractivity contribution in [3.05, 3.63) is 82.9 Å². The van der Waals surface area contributed by atoms with Crippen LogP contribution in [0.25, 0.3) is 11.1 Å². The van der Waals surface area contributed by atoms with E-state index in [1.54, 1.807) is 13.2 Å². The molecule has 0 atom stereocenters. The minimum Gasteiger partial charge on any atom is -0.497 e. The molecular weight excluding hydrogens is 503 g/mol. The third-order valence-corrected chi connectivity index (χ3v) is 7.92. The highest BCUT2D eigenvalue weighted by atomic mass is 19.4. The first kappa shape index (κ1) is 27.1. The summed E-state index contributed by atoms with van der Waals surface area (Å²) < 4.78 is 45.5. The van der Waals surface area contributed by atoms with Gasteiger partial charge in [0.2, 0.25) is 0 Å². The molecule has 1 saturated heterocycles. The number of rotatable bonds is 6. The van der Waals surface area contributed by atoms with Crippen LogP contribution >= 0.6 is 0 Å².